The number of carbonyl (C=O) groups excluding carboxylic acids is 1. The number of aromatic nitrogens is 2. The number of nitrogens with zero attached hydrogens (tertiary/aromatic N) is 2. The monoisotopic (exact) mass is 547 g/mol. The highest BCUT2D eigenvalue weighted by molar-refractivity contribution is 5.98. The Labute approximate surface area is 231 Å². The highest BCUT2D eigenvalue weighted by Gasteiger charge is 2.45. The second-order valence-electron chi connectivity index (χ2n) is 11.3. The van der Waals surface area contributed by atoms with E-state index in [2.05, 4.69) is 12.2 Å². The molecule has 0 radical (unpaired) electrons. The van der Waals surface area contributed by atoms with Crippen molar-refractivity contribution < 1.29 is 28.8 Å². The number of fused-ring (bicyclic) bond motifs is 5. The van der Waals surface area contributed by atoms with Crippen LogP contribution in [0.5, 0.6) is 11.5 Å². The third kappa shape index (κ3) is 3.62. The van der Waals surface area contributed by atoms with Gasteiger partial charge in [0.25, 0.3) is 5.56 Å². The van der Waals surface area contributed by atoms with Crippen molar-refractivity contribution in [2.75, 3.05) is 13.9 Å². The van der Waals surface area contributed by atoms with E-state index in [4.69, 9.17) is 23.9 Å². The summed E-state index contributed by atoms with van der Waals surface area (Å²) in [7, 11) is 1.78. The molecule has 40 heavy (non-hydrogen) atoms. The Kier molecular flexibility index (Phi) is 5.92. The molecule has 3 aliphatic heterocycles. The van der Waals surface area contributed by atoms with Gasteiger partial charge in [0, 0.05) is 30.3 Å². The molecule has 0 bridgehead atoms. The molecule has 210 valence electrons. The summed E-state index contributed by atoms with van der Waals surface area (Å²) in [4.78, 5) is 31.4. The predicted octanol–water partition coefficient (Wildman–Crippen LogP) is 3.42. The summed E-state index contributed by atoms with van der Waals surface area (Å²) in [6.07, 6.45) is 4.58. The molecule has 5 heterocycles. The van der Waals surface area contributed by atoms with Crippen molar-refractivity contribution in [2.24, 2.45) is 0 Å². The van der Waals surface area contributed by atoms with E-state index in [1.54, 1.807) is 24.7 Å². The molecule has 4 aliphatic rings. The average Bonchev–Trinajstić information content (AvgIpc) is 3.35. The smallest absolute Gasteiger partial charge is 0.343 e. The number of hydrogen-bond donors (Lipinski definition) is 2. The zero-order valence-corrected chi connectivity index (χ0v) is 22.9. The SMILES string of the molecule is CC[C@@]1(O)C(=O)OCc2c1cc1n(c2=O)Cc2c-1nc1c(C(C)NC3CCC(OC)CC3)ccc3c1c2OCO3. The van der Waals surface area contributed by atoms with Crippen molar-refractivity contribution in [1.29, 1.82) is 0 Å². The molecule has 0 saturated heterocycles. The molecule has 1 unspecified atom stereocenters. The lowest BCUT2D eigenvalue weighted by Crippen LogP contribution is -2.44. The van der Waals surface area contributed by atoms with Crippen LogP contribution in [0.4, 0.5) is 0 Å². The molecule has 1 aromatic carbocycles. The lowest BCUT2D eigenvalue weighted by atomic mass is 9.86. The van der Waals surface area contributed by atoms with E-state index in [1.807, 2.05) is 12.1 Å². The molecule has 3 aromatic rings. The van der Waals surface area contributed by atoms with Gasteiger partial charge in [-0.1, -0.05) is 13.0 Å². The van der Waals surface area contributed by atoms with Crippen LogP contribution in [0, 0.1) is 0 Å². The van der Waals surface area contributed by atoms with Gasteiger partial charge in [0.15, 0.2) is 5.60 Å². The minimum Gasteiger partial charge on any atom is -0.458 e. The van der Waals surface area contributed by atoms with Gasteiger partial charge in [-0.05, 0) is 56.7 Å². The maximum Gasteiger partial charge on any atom is 0.343 e. The normalized spacial score (nSPS) is 25.4. The predicted molar refractivity (Wildman–Crippen MR) is 145 cm³/mol. The topological polar surface area (TPSA) is 121 Å². The number of aliphatic hydroxyl groups is 1. The summed E-state index contributed by atoms with van der Waals surface area (Å²) in [5.41, 5.74) is 2.15. The molecule has 0 spiro atoms. The number of esters is 1. The first kappa shape index (κ1) is 25.5. The van der Waals surface area contributed by atoms with Crippen LogP contribution >= 0.6 is 0 Å². The van der Waals surface area contributed by atoms with Crippen LogP contribution in [0.2, 0.25) is 0 Å². The van der Waals surface area contributed by atoms with E-state index < -0.39 is 11.6 Å². The number of ether oxygens (including phenoxy) is 4. The molecule has 10 heteroatoms. The number of rotatable bonds is 5. The zero-order valence-electron chi connectivity index (χ0n) is 22.9. The molecule has 2 N–H and O–H groups in total. The minimum absolute atomic E-state index is 0.00514. The van der Waals surface area contributed by atoms with Crippen molar-refractivity contribution >= 4 is 16.9 Å². The quantitative estimate of drug-likeness (QED) is 0.362. The van der Waals surface area contributed by atoms with Gasteiger partial charge in [0.05, 0.1) is 40.5 Å². The van der Waals surface area contributed by atoms with Crippen LogP contribution < -0.4 is 20.3 Å². The van der Waals surface area contributed by atoms with Crippen LogP contribution in [-0.4, -0.2) is 46.7 Å². The van der Waals surface area contributed by atoms with E-state index in [0.717, 1.165) is 47.7 Å². The average molecular weight is 548 g/mol. The number of hydrogen-bond acceptors (Lipinski definition) is 9. The van der Waals surface area contributed by atoms with E-state index in [-0.39, 0.29) is 38.0 Å². The summed E-state index contributed by atoms with van der Waals surface area (Å²) >= 11 is 0. The van der Waals surface area contributed by atoms with Crippen LogP contribution in [0.15, 0.2) is 23.0 Å². The summed E-state index contributed by atoms with van der Waals surface area (Å²) < 4.78 is 24.3. The largest absolute Gasteiger partial charge is 0.458 e. The fourth-order valence-corrected chi connectivity index (χ4v) is 6.83. The third-order valence-corrected chi connectivity index (χ3v) is 9.16. The molecule has 7 rings (SSSR count). The van der Waals surface area contributed by atoms with Gasteiger partial charge in [-0.15, -0.1) is 0 Å². The van der Waals surface area contributed by atoms with Crippen molar-refractivity contribution in [3.8, 4) is 22.9 Å². The van der Waals surface area contributed by atoms with Gasteiger partial charge >= 0.3 is 5.97 Å². The van der Waals surface area contributed by atoms with Gasteiger partial charge in [-0.3, -0.25) is 4.79 Å². The fourth-order valence-electron chi connectivity index (χ4n) is 6.83. The number of cyclic esters (lactones) is 1. The molecular weight excluding hydrogens is 514 g/mol. The van der Waals surface area contributed by atoms with Crippen molar-refractivity contribution in [3.05, 3.63) is 50.8 Å². The van der Waals surface area contributed by atoms with Crippen LogP contribution in [-0.2, 0) is 33.0 Å². The number of nitrogens with one attached hydrogen (secondary N) is 1. The van der Waals surface area contributed by atoms with E-state index >= 15 is 0 Å². The molecule has 2 aromatic heterocycles. The lowest BCUT2D eigenvalue weighted by molar-refractivity contribution is -0.172. The molecule has 1 fully saturated rings. The van der Waals surface area contributed by atoms with Crippen molar-refractivity contribution in [3.63, 3.8) is 0 Å². The summed E-state index contributed by atoms with van der Waals surface area (Å²) in [5, 5.41) is 15.8. The summed E-state index contributed by atoms with van der Waals surface area (Å²) in [6, 6.07) is 6.13. The summed E-state index contributed by atoms with van der Waals surface area (Å²) in [6.45, 7) is 4.01. The van der Waals surface area contributed by atoms with Crippen LogP contribution in [0.1, 0.15) is 74.2 Å². The van der Waals surface area contributed by atoms with Gasteiger partial charge in [-0.2, -0.15) is 0 Å². The molecular formula is C30H33N3O7. The lowest BCUT2D eigenvalue weighted by Gasteiger charge is -2.31. The first-order valence-corrected chi connectivity index (χ1v) is 14.0. The Morgan fingerprint density at radius 1 is 1.18 bits per heavy atom. The van der Waals surface area contributed by atoms with Gasteiger partial charge in [0.1, 0.15) is 18.1 Å². The number of benzene rings is 1. The Morgan fingerprint density at radius 3 is 2.73 bits per heavy atom. The maximum atomic E-state index is 13.6. The second-order valence-corrected chi connectivity index (χ2v) is 11.3. The van der Waals surface area contributed by atoms with Crippen LogP contribution in [0.3, 0.4) is 0 Å². The zero-order chi connectivity index (χ0) is 27.8. The number of methoxy groups -OCH3 is 1. The van der Waals surface area contributed by atoms with Gasteiger partial charge in [0.2, 0.25) is 6.79 Å². The maximum absolute atomic E-state index is 13.6. The molecule has 1 aliphatic carbocycles. The highest BCUT2D eigenvalue weighted by atomic mass is 16.7. The minimum atomic E-state index is -1.88. The first-order chi connectivity index (χ1) is 19.3. The van der Waals surface area contributed by atoms with E-state index in [0.29, 0.717) is 46.2 Å². The highest BCUT2D eigenvalue weighted by Crippen LogP contribution is 2.47. The van der Waals surface area contributed by atoms with E-state index in [1.165, 1.54) is 0 Å². The second kappa shape index (κ2) is 9.29. The molecule has 0 amide bonds. The molecule has 2 atom stereocenters. The Balaban J connectivity index is 1.36. The number of carbonyl (C=O) groups is 1. The fraction of sp³-hybridized carbons (Fsp3) is 0.500. The van der Waals surface area contributed by atoms with Crippen molar-refractivity contribution in [2.45, 2.75) is 82.9 Å². The standard InChI is InChI=1S/C30H33N3O7/c1-4-30(36)21-11-22-25-19(12-33(22)28(34)20(21)13-38-29(30)35)27-24-23(39-14-40-27)10-9-18(26(24)32-25)15(2)31-16-5-7-17(37-3)8-6-16/h9-11,15-17,31,36H,4-8,12-14H2,1-3H3/t15?,16?,17?,30-/m0/s1. The molecule has 1 saturated carbocycles. The third-order valence-electron chi connectivity index (χ3n) is 9.16. The Hall–Kier alpha value is -3.47. The van der Waals surface area contributed by atoms with Crippen molar-refractivity contribution in [1.82, 2.24) is 14.9 Å². The Morgan fingerprint density at radius 2 is 1.98 bits per heavy atom. The van der Waals surface area contributed by atoms with E-state index in [9.17, 15) is 14.7 Å². The number of pyridine rings is 2. The first-order valence-electron chi connectivity index (χ1n) is 14.0. The Bertz CT molecular complexity index is 1610. The van der Waals surface area contributed by atoms with Crippen LogP contribution in [0.25, 0.3) is 22.3 Å². The summed E-state index contributed by atoms with van der Waals surface area (Å²) in [5.74, 6) is 0.624. The van der Waals surface area contributed by atoms with Gasteiger partial charge < -0.3 is 33.9 Å². The van der Waals surface area contributed by atoms with Gasteiger partial charge in [-0.25, -0.2) is 9.78 Å². The molecule has 10 nitrogen and oxygen atoms in total.